The number of nitrogens with zero attached hydrogens (tertiary/aromatic N) is 2. The minimum Gasteiger partial charge on any atom is -0.359 e. The molecule has 0 unspecified atom stereocenters. The van der Waals surface area contributed by atoms with Gasteiger partial charge in [-0.15, -0.1) is 0 Å². The molecule has 0 radical (unpaired) electrons. The van der Waals surface area contributed by atoms with Gasteiger partial charge in [-0.3, -0.25) is 9.98 Å². The van der Waals surface area contributed by atoms with Crippen LogP contribution in [0.2, 0.25) is 0 Å². The summed E-state index contributed by atoms with van der Waals surface area (Å²) in [4.78, 5) is 8.10. The molecule has 2 N–H and O–H groups in total. The summed E-state index contributed by atoms with van der Waals surface area (Å²) in [6.45, 7) is 2.98. The van der Waals surface area contributed by atoms with Gasteiger partial charge in [-0.25, -0.2) is 0 Å². The zero-order chi connectivity index (χ0) is 10.1. The van der Waals surface area contributed by atoms with Crippen molar-refractivity contribution in [2.45, 2.75) is 19.8 Å². The molecule has 0 aromatic heterocycles. The Morgan fingerprint density at radius 2 is 1.92 bits per heavy atom. The van der Waals surface area contributed by atoms with Crippen molar-refractivity contribution in [3.63, 3.8) is 0 Å². The van der Waals surface area contributed by atoms with Crippen LogP contribution in [0.15, 0.2) is 9.98 Å². The Balaban J connectivity index is 3.46. The quantitative estimate of drug-likeness (QED) is 0.383. The van der Waals surface area contributed by atoms with E-state index in [1.165, 1.54) is 5.71 Å². The lowest BCUT2D eigenvalue weighted by Crippen LogP contribution is -2.35. The molecule has 0 rings (SSSR count). The molecule has 4 nitrogen and oxygen atoms in total. The van der Waals surface area contributed by atoms with E-state index in [-0.39, 0.29) is 0 Å². The standard InChI is InChI=1S/C9H20N4/c1-8(10-2)6-5-7-13-9(11-3)12-4/h5-7H2,1-4H3,(H2,11,12,13). The van der Waals surface area contributed by atoms with Crippen LogP contribution in [0, 0.1) is 0 Å². The molecule has 0 atom stereocenters. The van der Waals surface area contributed by atoms with Gasteiger partial charge in [0.05, 0.1) is 0 Å². The van der Waals surface area contributed by atoms with Gasteiger partial charge in [0.15, 0.2) is 5.96 Å². The highest BCUT2D eigenvalue weighted by Gasteiger charge is 1.93. The van der Waals surface area contributed by atoms with Crippen molar-refractivity contribution in [2.24, 2.45) is 9.98 Å². The van der Waals surface area contributed by atoms with Crippen molar-refractivity contribution < 1.29 is 0 Å². The summed E-state index contributed by atoms with van der Waals surface area (Å²) in [7, 11) is 5.45. The van der Waals surface area contributed by atoms with Gasteiger partial charge in [0.1, 0.15) is 0 Å². The van der Waals surface area contributed by atoms with Gasteiger partial charge in [-0.1, -0.05) is 0 Å². The lowest BCUT2D eigenvalue weighted by Gasteiger charge is -2.07. The van der Waals surface area contributed by atoms with E-state index in [9.17, 15) is 0 Å². The lowest BCUT2D eigenvalue weighted by molar-refractivity contribution is 0.782. The summed E-state index contributed by atoms with van der Waals surface area (Å²) in [5.74, 6) is 0.839. The Labute approximate surface area is 80.5 Å². The van der Waals surface area contributed by atoms with E-state index in [4.69, 9.17) is 0 Å². The molecule has 0 aromatic rings. The molecule has 0 heterocycles. The predicted octanol–water partition coefficient (Wildman–Crippen LogP) is 0.652. The summed E-state index contributed by atoms with van der Waals surface area (Å²) >= 11 is 0. The van der Waals surface area contributed by atoms with Gasteiger partial charge in [0.2, 0.25) is 0 Å². The molecule has 13 heavy (non-hydrogen) atoms. The topological polar surface area (TPSA) is 48.8 Å². The van der Waals surface area contributed by atoms with Crippen LogP contribution in [0.5, 0.6) is 0 Å². The zero-order valence-electron chi connectivity index (χ0n) is 9.02. The Hall–Kier alpha value is -1.06. The van der Waals surface area contributed by atoms with Crippen molar-refractivity contribution in [1.29, 1.82) is 0 Å². The van der Waals surface area contributed by atoms with Crippen LogP contribution in [0.3, 0.4) is 0 Å². The molecular formula is C9H20N4. The number of hydrogen-bond acceptors (Lipinski definition) is 2. The molecular weight excluding hydrogens is 164 g/mol. The van der Waals surface area contributed by atoms with Gasteiger partial charge in [0, 0.05) is 33.4 Å². The molecule has 0 bridgehead atoms. The molecule has 0 aromatic carbocycles. The maximum Gasteiger partial charge on any atom is 0.190 e. The smallest absolute Gasteiger partial charge is 0.190 e. The summed E-state index contributed by atoms with van der Waals surface area (Å²) in [6.07, 6.45) is 2.13. The van der Waals surface area contributed by atoms with E-state index in [2.05, 4.69) is 20.6 Å². The third-order valence-electron chi connectivity index (χ3n) is 1.85. The fraction of sp³-hybridized carbons (Fsp3) is 0.778. The minimum atomic E-state index is 0.839. The Morgan fingerprint density at radius 3 is 2.38 bits per heavy atom. The summed E-state index contributed by atoms with van der Waals surface area (Å²) < 4.78 is 0. The largest absolute Gasteiger partial charge is 0.359 e. The molecule has 0 spiro atoms. The highest BCUT2D eigenvalue weighted by molar-refractivity contribution is 5.82. The molecule has 0 fully saturated rings. The van der Waals surface area contributed by atoms with Gasteiger partial charge in [-0.05, 0) is 19.8 Å². The van der Waals surface area contributed by atoms with Crippen molar-refractivity contribution in [3.8, 4) is 0 Å². The van der Waals surface area contributed by atoms with E-state index in [0.29, 0.717) is 0 Å². The molecule has 0 saturated carbocycles. The fourth-order valence-corrected chi connectivity index (χ4v) is 0.942. The molecule has 4 heteroatoms. The van der Waals surface area contributed by atoms with Gasteiger partial charge in [-0.2, -0.15) is 0 Å². The second-order valence-electron chi connectivity index (χ2n) is 2.81. The monoisotopic (exact) mass is 184 g/mol. The van der Waals surface area contributed by atoms with Crippen LogP contribution in [-0.4, -0.2) is 39.4 Å². The van der Waals surface area contributed by atoms with E-state index in [0.717, 1.165) is 25.3 Å². The van der Waals surface area contributed by atoms with Crippen LogP contribution in [0.25, 0.3) is 0 Å². The second kappa shape index (κ2) is 7.58. The van der Waals surface area contributed by atoms with E-state index in [1.54, 1.807) is 7.05 Å². The van der Waals surface area contributed by atoms with Gasteiger partial charge >= 0.3 is 0 Å². The maximum atomic E-state index is 4.09. The van der Waals surface area contributed by atoms with Crippen LogP contribution < -0.4 is 10.6 Å². The van der Waals surface area contributed by atoms with Crippen molar-refractivity contribution in [1.82, 2.24) is 10.6 Å². The normalized spacial score (nSPS) is 12.9. The first kappa shape index (κ1) is 11.9. The molecule has 76 valence electrons. The average molecular weight is 184 g/mol. The van der Waals surface area contributed by atoms with Crippen molar-refractivity contribution in [2.75, 3.05) is 27.7 Å². The lowest BCUT2D eigenvalue weighted by atomic mass is 10.2. The highest BCUT2D eigenvalue weighted by atomic mass is 15.1. The van der Waals surface area contributed by atoms with Crippen molar-refractivity contribution in [3.05, 3.63) is 0 Å². The maximum absolute atomic E-state index is 4.09. The van der Waals surface area contributed by atoms with Gasteiger partial charge in [0.25, 0.3) is 0 Å². The SMILES string of the molecule is CN=C(C)CCCNC(=NC)NC. The van der Waals surface area contributed by atoms with E-state index in [1.807, 2.05) is 21.0 Å². The highest BCUT2D eigenvalue weighted by Crippen LogP contribution is 1.90. The van der Waals surface area contributed by atoms with Crippen LogP contribution in [0.4, 0.5) is 0 Å². The van der Waals surface area contributed by atoms with Crippen LogP contribution in [0.1, 0.15) is 19.8 Å². The number of aliphatic imine (C=N–C) groups is 2. The fourth-order valence-electron chi connectivity index (χ4n) is 0.942. The summed E-state index contributed by atoms with van der Waals surface area (Å²) in [6, 6.07) is 0. The summed E-state index contributed by atoms with van der Waals surface area (Å²) in [5.41, 5.74) is 1.20. The average Bonchev–Trinajstić information content (AvgIpc) is 2.18. The Bertz CT molecular complexity index is 184. The predicted molar refractivity (Wildman–Crippen MR) is 58.7 cm³/mol. The molecule has 0 amide bonds. The molecule has 0 aliphatic heterocycles. The molecule has 0 saturated heterocycles. The molecule has 0 aliphatic carbocycles. The third-order valence-corrected chi connectivity index (χ3v) is 1.85. The summed E-state index contributed by atoms with van der Waals surface area (Å²) in [5, 5.41) is 6.14. The Morgan fingerprint density at radius 1 is 1.23 bits per heavy atom. The first-order chi connectivity index (χ1) is 6.24. The number of guanidine groups is 1. The van der Waals surface area contributed by atoms with Crippen LogP contribution in [-0.2, 0) is 0 Å². The number of hydrogen-bond donors (Lipinski definition) is 2. The molecule has 0 aliphatic rings. The number of rotatable bonds is 4. The van der Waals surface area contributed by atoms with Crippen LogP contribution >= 0.6 is 0 Å². The van der Waals surface area contributed by atoms with Gasteiger partial charge < -0.3 is 10.6 Å². The third kappa shape index (κ3) is 6.13. The first-order valence-electron chi connectivity index (χ1n) is 4.55. The zero-order valence-corrected chi connectivity index (χ0v) is 9.02. The second-order valence-corrected chi connectivity index (χ2v) is 2.81. The number of nitrogens with one attached hydrogen (secondary N) is 2. The van der Waals surface area contributed by atoms with Crippen molar-refractivity contribution >= 4 is 11.7 Å². The Kier molecular flexibility index (Phi) is 6.96. The first-order valence-corrected chi connectivity index (χ1v) is 4.55. The van der Waals surface area contributed by atoms with E-state index >= 15 is 0 Å². The minimum absolute atomic E-state index is 0.839. The van der Waals surface area contributed by atoms with E-state index < -0.39 is 0 Å².